The van der Waals surface area contributed by atoms with Gasteiger partial charge in [0, 0.05) is 25.0 Å². The van der Waals surface area contributed by atoms with Crippen molar-refractivity contribution in [2.45, 2.75) is 51.7 Å². The van der Waals surface area contributed by atoms with Gasteiger partial charge in [-0.25, -0.2) is 4.98 Å². The van der Waals surface area contributed by atoms with Crippen molar-refractivity contribution in [1.29, 1.82) is 0 Å². The Morgan fingerprint density at radius 1 is 1.21 bits per heavy atom. The van der Waals surface area contributed by atoms with Gasteiger partial charge in [0.1, 0.15) is 29.1 Å². The molecule has 0 atom stereocenters. The van der Waals surface area contributed by atoms with Crippen LogP contribution in [-0.4, -0.2) is 45.5 Å². The monoisotopic (exact) mass is 470 g/mol. The first-order valence-corrected chi connectivity index (χ1v) is 12.0. The molecule has 1 saturated heterocycles. The number of thiazole rings is 1. The minimum atomic E-state index is -0.302. The standard InChI is InChI=1S/C22H26N6O4S/c1-13-2-5-16(32-13)10-23-17(29)11-28-12-24-19-18(21(28)31)33-22(26-19)27-8-6-14(7-9-27)20(30)25-15-3-4-15/h2,5,12,14-15H,3-4,6-11H2,1H3,(H,23,29)(H,25,30). The Bertz CT molecular complexity index is 1240. The molecule has 1 aliphatic heterocycles. The lowest BCUT2D eigenvalue weighted by Gasteiger charge is -2.30. The maximum absolute atomic E-state index is 12.9. The molecule has 0 bridgehead atoms. The molecule has 1 aliphatic carbocycles. The summed E-state index contributed by atoms with van der Waals surface area (Å²) in [7, 11) is 0. The zero-order valence-electron chi connectivity index (χ0n) is 18.4. The Labute approximate surface area is 194 Å². The first-order chi connectivity index (χ1) is 16.0. The maximum atomic E-state index is 12.9. The third-order valence-corrected chi connectivity index (χ3v) is 7.10. The van der Waals surface area contributed by atoms with Crippen LogP contribution < -0.4 is 21.1 Å². The molecule has 2 fully saturated rings. The molecule has 33 heavy (non-hydrogen) atoms. The Morgan fingerprint density at radius 3 is 2.70 bits per heavy atom. The van der Waals surface area contributed by atoms with Crippen LogP contribution in [-0.2, 0) is 22.7 Å². The summed E-state index contributed by atoms with van der Waals surface area (Å²) >= 11 is 1.29. The topological polar surface area (TPSA) is 122 Å². The summed E-state index contributed by atoms with van der Waals surface area (Å²) in [6, 6.07) is 4.01. The number of fused-ring (bicyclic) bond motifs is 1. The summed E-state index contributed by atoms with van der Waals surface area (Å²) in [5.74, 6) is 1.32. The third-order valence-electron chi connectivity index (χ3n) is 6.00. The van der Waals surface area contributed by atoms with E-state index in [0.29, 0.717) is 35.2 Å². The van der Waals surface area contributed by atoms with Gasteiger partial charge in [-0.2, -0.15) is 4.98 Å². The lowest BCUT2D eigenvalue weighted by atomic mass is 9.96. The second-order valence-corrected chi connectivity index (χ2v) is 9.64. The van der Waals surface area contributed by atoms with E-state index in [4.69, 9.17) is 4.42 Å². The third kappa shape index (κ3) is 4.92. The highest BCUT2D eigenvalue weighted by molar-refractivity contribution is 7.22. The number of piperidine rings is 1. The van der Waals surface area contributed by atoms with Crippen LogP contribution >= 0.6 is 11.3 Å². The van der Waals surface area contributed by atoms with Gasteiger partial charge in [0.05, 0.1) is 6.54 Å². The van der Waals surface area contributed by atoms with Gasteiger partial charge in [0.25, 0.3) is 5.56 Å². The zero-order valence-corrected chi connectivity index (χ0v) is 19.2. The summed E-state index contributed by atoms with van der Waals surface area (Å²) in [4.78, 5) is 48.4. The van der Waals surface area contributed by atoms with E-state index in [1.807, 2.05) is 13.0 Å². The second kappa shape index (κ2) is 8.97. The summed E-state index contributed by atoms with van der Waals surface area (Å²) in [5.41, 5.74) is 0.0998. The van der Waals surface area contributed by atoms with Crippen molar-refractivity contribution >= 4 is 38.6 Å². The second-order valence-electron chi connectivity index (χ2n) is 8.66. The minimum Gasteiger partial charge on any atom is -0.465 e. The summed E-state index contributed by atoms with van der Waals surface area (Å²) in [6.07, 6.45) is 5.07. The van der Waals surface area contributed by atoms with Crippen LogP contribution in [0.3, 0.4) is 0 Å². The number of anilines is 1. The van der Waals surface area contributed by atoms with E-state index < -0.39 is 0 Å². The molecule has 0 spiro atoms. The predicted molar refractivity (Wildman–Crippen MR) is 123 cm³/mol. The molecular formula is C22H26N6O4S. The van der Waals surface area contributed by atoms with E-state index in [-0.39, 0.29) is 36.4 Å². The van der Waals surface area contributed by atoms with E-state index in [2.05, 4.69) is 25.5 Å². The smallest absolute Gasteiger partial charge is 0.273 e. The predicted octanol–water partition coefficient (Wildman–Crippen LogP) is 1.57. The number of carbonyl (C=O) groups is 2. The fourth-order valence-corrected chi connectivity index (χ4v) is 4.96. The van der Waals surface area contributed by atoms with Gasteiger partial charge in [-0.1, -0.05) is 11.3 Å². The molecule has 0 aromatic carbocycles. The first-order valence-electron chi connectivity index (χ1n) is 11.2. The molecule has 2 aliphatic rings. The molecule has 0 radical (unpaired) electrons. The van der Waals surface area contributed by atoms with Crippen molar-refractivity contribution in [2.75, 3.05) is 18.0 Å². The van der Waals surface area contributed by atoms with Crippen molar-refractivity contribution in [2.24, 2.45) is 5.92 Å². The van der Waals surface area contributed by atoms with Crippen molar-refractivity contribution in [3.8, 4) is 0 Å². The molecule has 2 amide bonds. The Hall–Kier alpha value is -3.21. The number of furan rings is 1. The molecule has 11 heteroatoms. The number of rotatable bonds is 7. The Balaban J connectivity index is 1.21. The number of hydrogen-bond acceptors (Lipinski definition) is 8. The van der Waals surface area contributed by atoms with Crippen LogP contribution in [0, 0.1) is 12.8 Å². The van der Waals surface area contributed by atoms with Crippen LogP contribution in [0.1, 0.15) is 37.2 Å². The maximum Gasteiger partial charge on any atom is 0.273 e. The number of carbonyl (C=O) groups excluding carboxylic acids is 2. The fraction of sp³-hybridized carbons (Fsp3) is 0.500. The lowest BCUT2D eigenvalue weighted by molar-refractivity contribution is -0.125. The molecule has 10 nitrogen and oxygen atoms in total. The number of nitrogens with one attached hydrogen (secondary N) is 2. The SMILES string of the molecule is Cc1ccc(CNC(=O)Cn2cnc3nc(N4CCC(C(=O)NC5CC5)CC4)sc3c2=O)o1. The largest absolute Gasteiger partial charge is 0.465 e. The van der Waals surface area contributed by atoms with Gasteiger partial charge < -0.3 is 20.0 Å². The highest BCUT2D eigenvalue weighted by atomic mass is 32.1. The minimum absolute atomic E-state index is 0.0372. The molecule has 5 rings (SSSR count). The molecule has 4 heterocycles. The van der Waals surface area contributed by atoms with E-state index in [9.17, 15) is 14.4 Å². The molecule has 3 aromatic rings. The van der Waals surface area contributed by atoms with E-state index in [0.717, 1.165) is 36.6 Å². The van der Waals surface area contributed by atoms with Gasteiger partial charge in [-0.3, -0.25) is 19.0 Å². The summed E-state index contributed by atoms with van der Waals surface area (Å²) in [5, 5.41) is 6.56. The Morgan fingerprint density at radius 2 is 2.00 bits per heavy atom. The number of aryl methyl sites for hydroxylation is 1. The van der Waals surface area contributed by atoms with Crippen molar-refractivity contribution in [1.82, 2.24) is 25.2 Å². The average molecular weight is 471 g/mol. The molecule has 0 unspecified atom stereocenters. The van der Waals surface area contributed by atoms with Crippen LogP contribution in [0.5, 0.6) is 0 Å². The van der Waals surface area contributed by atoms with Gasteiger partial charge >= 0.3 is 0 Å². The number of aromatic nitrogens is 3. The Kier molecular flexibility index (Phi) is 5.88. The van der Waals surface area contributed by atoms with Crippen LogP contribution in [0.15, 0.2) is 27.7 Å². The van der Waals surface area contributed by atoms with Gasteiger partial charge in [-0.15, -0.1) is 0 Å². The number of hydrogen-bond donors (Lipinski definition) is 2. The van der Waals surface area contributed by atoms with Crippen molar-refractivity contribution in [3.05, 3.63) is 40.3 Å². The lowest BCUT2D eigenvalue weighted by Crippen LogP contribution is -2.41. The van der Waals surface area contributed by atoms with Gasteiger partial charge in [0.2, 0.25) is 11.8 Å². The van der Waals surface area contributed by atoms with Gasteiger partial charge in [-0.05, 0) is 44.7 Å². The fourth-order valence-electron chi connectivity index (χ4n) is 3.94. The van der Waals surface area contributed by atoms with Gasteiger partial charge in [0.15, 0.2) is 10.8 Å². The zero-order chi connectivity index (χ0) is 22.9. The summed E-state index contributed by atoms with van der Waals surface area (Å²) in [6.45, 7) is 3.40. The van der Waals surface area contributed by atoms with E-state index >= 15 is 0 Å². The highest BCUT2D eigenvalue weighted by Crippen LogP contribution is 2.30. The molecular weight excluding hydrogens is 444 g/mol. The highest BCUT2D eigenvalue weighted by Gasteiger charge is 2.30. The summed E-state index contributed by atoms with van der Waals surface area (Å²) < 4.78 is 7.16. The molecule has 174 valence electrons. The normalized spacial score (nSPS) is 16.8. The van der Waals surface area contributed by atoms with E-state index in [1.54, 1.807) is 6.07 Å². The molecule has 3 aromatic heterocycles. The number of amides is 2. The molecule has 1 saturated carbocycles. The van der Waals surface area contributed by atoms with Crippen molar-refractivity contribution in [3.63, 3.8) is 0 Å². The van der Waals surface area contributed by atoms with Crippen LogP contribution in [0.25, 0.3) is 10.3 Å². The van der Waals surface area contributed by atoms with Crippen molar-refractivity contribution < 1.29 is 14.0 Å². The van der Waals surface area contributed by atoms with E-state index in [1.165, 1.54) is 22.2 Å². The number of nitrogens with zero attached hydrogens (tertiary/aromatic N) is 4. The van der Waals surface area contributed by atoms with Crippen LogP contribution in [0.4, 0.5) is 5.13 Å². The first kappa shape index (κ1) is 21.6. The van der Waals surface area contributed by atoms with Crippen LogP contribution in [0.2, 0.25) is 0 Å². The quantitative estimate of drug-likeness (QED) is 0.537. The molecule has 2 N–H and O–H groups in total. The average Bonchev–Trinajstić information content (AvgIpc) is 3.35.